The molecule has 0 saturated carbocycles. The minimum Gasteiger partial charge on any atom is -0.465 e. The summed E-state index contributed by atoms with van der Waals surface area (Å²) in [5.41, 5.74) is 1.54. The molecule has 0 spiro atoms. The van der Waals surface area contributed by atoms with Crippen LogP contribution in [0.3, 0.4) is 0 Å². The lowest BCUT2D eigenvalue weighted by molar-refractivity contribution is 0.0598. The highest BCUT2D eigenvalue weighted by Gasteiger charge is 2.16. The first-order chi connectivity index (χ1) is 13.8. The van der Waals surface area contributed by atoms with E-state index in [1.165, 1.54) is 50.6 Å². The quantitative estimate of drug-likeness (QED) is 0.500. The van der Waals surface area contributed by atoms with Crippen LogP contribution in [-0.4, -0.2) is 61.2 Å². The molecule has 0 bridgehead atoms. The van der Waals surface area contributed by atoms with Gasteiger partial charge in [0.2, 0.25) is 0 Å². The topological polar surface area (TPSA) is 127 Å². The molecule has 0 heterocycles. The molecule has 0 atom stereocenters. The van der Waals surface area contributed by atoms with Crippen LogP contribution in [0.5, 0.6) is 0 Å². The van der Waals surface area contributed by atoms with Crippen molar-refractivity contribution < 1.29 is 38.9 Å². The summed E-state index contributed by atoms with van der Waals surface area (Å²) in [5.74, 6) is -2.45. The summed E-state index contributed by atoms with van der Waals surface area (Å²) in [4.78, 5) is 47.7. The third-order valence-electron chi connectivity index (χ3n) is 4.17. The number of aliphatic hydroxyl groups excluding tert-OH is 2. The first-order valence-electron chi connectivity index (χ1n) is 8.55. The summed E-state index contributed by atoms with van der Waals surface area (Å²) in [6, 6.07) is 8.67. The predicted molar refractivity (Wildman–Crippen MR) is 101 cm³/mol. The maximum atomic E-state index is 11.9. The number of carbonyl (C=O) groups is 4. The number of carbonyl (C=O) groups excluding carboxylic acids is 4. The highest BCUT2D eigenvalue weighted by molar-refractivity contribution is 6.02. The van der Waals surface area contributed by atoms with Crippen LogP contribution < -0.4 is 0 Å². The van der Waals surface area contributed by atoms with Gasteiger partial charge in [-0.25, -0.2) is 9.59 Å². The SMILES string of the molecule is COC(=O)c1cc(Cc2cc(C(=O)CO)cc(C(=O)CO)c2)cc(C(=O)OC)c1. The molecule has 8 nitrogen and oxygen atoms in total. The molecular formula is C21H20O8. The van der Waals surface area contributed by atoms with Crippen LogP contribution in [0, 0.1) is 0 Å². The maximum Gasteiger partial charge on any atom is 0.337 e. The van der Waals surface area contributed by atoms with Crippen LogP contribution in [0.15, 0.2) is 36.4 Å². The van der Waals surface area contributed by atoms with E-state index in [1.807, 2.05) is 0 Å². The van der Waals surface area contributed by atoms with Gasteiger partial charge in [0.05, 0.1) is 25.3 Å². The average Bonchev–Trinajstić information content (AvgIpc) is 2.76. The Morgan fingerprint density at radius 1 is 0.655 bits per heavy atom. The molecule has 0 amide bonds. The molecule has 2 aromatic rings. The summed E-state index contributed by atoms with van der Waals surface area (Å²) < 4.78 is 9.41. The van der Waals surface area contributed by atoms with Gasteiger partial charge in [-0.15, -0.1) is 0 Å². The molecule has 0 saturated heterocycles. The molecule has 0 aliphatic rings. The highest BCUT2D eigenvalue weighted by Crippen LogP contribution is 2.19. The van der Waals surface area contributed by atoms with Crippen molar-refractivity contribution in [2.45, 2.75) is 6.42 Å². The summed E-state index contributed by atoms with van der Waals surface area (Å²) >= 11 is 0. The molecule has 2 N–H and O–H groups in total. The minimum absolute atomic E-state index is 0.110. The van der Waals surface area contributed by atoms with Gasteiger partial charge in [-0.3, -0.25) is 9.59 Å². The molecule has 0 unspecified atom stereocenters. The summed E-state index contributed by atoms with van der Waals surface area (Å²) in [5, 5.41) is 18.2. The second-order valence-corrected chi connectivity index (χ2v) is 6.16. The van der Waals surface area contributed by atoms with Gasteiger partial charge in [-0.1, -0.05) is 0 Å². The highest BCUT2D eigenvalue weighted by atomic mass is 16.5. The van der Waals surface area contributed by atoms with E-state index in [1.54, 1.807) is 0 Å². The van der Waals surface area contributed by atoms with E-state index in [9.17, 15) is 19.2 Å². The van der Waals surface area contributed by atoms with Gasteiger partial charge in [0.25, 0.3) is 0 Å². The Morgan fingerprint density at radius 2 is 1.00 bits per heavy atom. The molecule has 29 heavy (non-hydrogen) atoms. The van der Waals surface area contributed by atoms with Crippen LogP contribution in [0.2, 0.25) is 0 Å². The van der Waals surface area contributed by atoms with Crippen molar-refractivity contribution in [1.29, 1.82) is 0 Å². The fraction of sp³-hybridized carbons (Fsp3) is 0.238. The molecule has 2 aromatic carbocycles. The fourth-order valence-electron chi connectivity index (χ4n) is 2.80. The zero-order valence-corrected chi connectivity index (χ0v) is 15.9. The third kappa shape index (κ3) is 5.34. The Kier molecular flexibility index (Phi) is 7.35. The fourth-order valence-corrected chi connectivity index (χ4v) is 2.80. The maximum absolute atomic E-state index is 11.9. The van der Waals surface area contributed by atoms with Crippen LogP contribution in [0.25, 0.3) is 0 Å². The van der Waals surface area contributed by atoms with E-state index >= 15 is 0 Å². The zero-order valence-electron chi connectivity index (χ0n) is 15.9. The van der Waals surface area contributed by atoms with E-state index in [2.05, 4.69) is 0 Å². The largest absolute Gasteiger partial charge is 0.465 e. The Hall–Kier alpha value is -3.36. The number of benzene rings is 2. The molecule has 8 heteroatoms. The first-order valence-corrected chi connectivity index (χ1v) is 8.55. The minimum atomic E-state index is -0.736. The molecule has 0 aromatic heterocycles. The molecule has 2 rings (SSSR count). The smallest absolute Gasteiger partial charge is 0.337 e. The molecular weight excluding hydrogens is 380 g/mol. The number of ketones is 2. The number of aliphatic hydroxyl groups is 2. The second kappa shape index (κ2) is 9.72. The average molecular weight is 400 g/mol. The third-order valence-corrected chi connectivity index (χ3v) is 4.17. The molecule has 0 fully saturated rings. The lowest BCUT2D eigenvalue weighted by atomic mass is 9.95. The number of hydrogen-bond donors (Lipinski definition) is 2. The van der Waals surface area contributed by atoms with E-state index in [0.29, 0.717) is 11.1 Å². The number of rotatable bonds is 8. The summed E-state index contributed by atoms with van der Waals surface area (Å²) in [6.07, 6.45) is 0.160. The van der Waals surface area contributed by atoms with Crippen molar-refractivity contribution in [2.75, 3.05) is 27.4 Å². The number of hydrogen-bond acceptors (Lipinski definition) is 8. The van der Waals surface area contributed by atoms with Crippen molar-refractivity contribution in [3.63, 3.8) is 0 Å². The van der Waals surface area contributed by atoms with E-state index in [0.717, 1.165) is 0 Å². The zero-order chi connectivity index (χ0) is 21.6. The van der Waals surface area contributed by atoms with Gasteiger partial charge in [0.15, 0.2) is 11.6 Å². The Labute approximate surface area is 166 Å². The second-order valence-electron chi connectivity index (χ2n) is 6.16. The van der Waals surface area contributed by atoms with Gasteiger partial charge in [0.1, 0.15) is 13.2 Å². The molecule has 0 radical (unpaired) electrons. The number of methoxy groups -OCH3 is 2. The predicted octanol–water partition coefficient (Wildman–Crippen LogP) is 1.20. The van der Waals surface area contributed by atoms with E-state index < -0.39 is 36.7 Å². The molecule has 0 aliphatic carbocycles. The van der Waals surface area contributed by atoms with Gasteiger partial charge in [0, 0.05) is 11.1 Å². The normalized spacial score (nSPS) is 10.3. The van der Waals surface area contributed by atoms with Crippen LogP contribution in [0.4, 0.5) is 0 Å². The Bertz CT molecular complexity index is 815. The van der Waals surface area contributed by atoms with Gasteiger partial charge in [-0.2, -0.15) is 0 Å². The van der Waals surface area contributed by atoms with Crippen molar-refractivity contribution in [3.8, 4) is 0 Å². The van der Waals surface area contributed by atoms with Crippen LogP contribution in [-0.2, 0) is 15.9 Å². The van der Waals surface area contributed by atoms with E-state index in [-0.39, 0.29) is 28.7 Å². The monoisotopic (exact) mass is 400 g/mol. The first kappa shape index (κ1) is 21.9. The summed E-state index contributed by atoms with van der Waals surface area (Å²) in [6.45, 7) is -1.47. The molecule has 0 aliphatic heterocycles. The van der Waals surface area contributed by atoms with Crippen molar-refractivity contribution >= 4 is 23.5 Å². The number of ether oxygens (including phenoxy) is 2. The lowest BCUT2D eigenvalue weighted by Gasteiger charge is -2.11. The van der Waals surface area contributed by atoms with Gasteiger partial charge >= 0.3 is 11.9 Å². The lowest BCUT2D eigenvalue weighted by Crippen LogP contribution is -2.11. The van der Waals surface area contributed by atoms with Gasteiger partial charge in [-0.05, 0) is 53.9 Å². The van der Waals surface area contributed by atoms with Crippen molar-refractivity contribution in [2.24, 2.45) is 0 Å². The van der Waals surface area contributed by atoms with Crippen molar-refractivity contribution in [3.05, 3.63) is 69.8 Å². The van der Waals surface area contributed by atoms with Crippen LogP contribution in [0.1, 0.15) is 52.6 Å². The van der Waals surface area contributed by atoms with Crippen LogP contribution >= 0.6 is 0 Å². The van der Waals surface area contributed by atoms with E-state index in [4.69, 9.17) is 19.7 Å². The van der Waals surface area contributed by atoms with Crippen molar-refractivity contribution in [1.82, 2.24) is 0 Å². The Morgan fingerprint density at radius 3 is 1.34 bits per heavy atom. The Balaban J connectivity index is 2.53. The number of esters is 2. The van der Waals surface area contributed by atoms with Gasteiger partial charge < -0.3 is 19.7 Å². The summed E-state index contributed by atoms with van der Waals surface area (Å²) in [7, 11) is 2.42. The molecule has 152 valence electrons. The number of Topliss-reactive ketones (excluding diaryl/α,β-unsaturated/α-hetero) is 2. The standard InChI is InChI=1S/C21H20O8/c1-28-20(26)16-6-13(7-17(9-16)21(27)29-2)3-12-4-14(18(24)10-22)8-15(5-12)19(25)11-23/h4-9,22-23H,3,10-11H2,1-2H3.